The molecule has 198 valence electrons. The van der Waals surface area contributed by atoms with Crippen molar-refractivity contribution in [2.75, 3.05) is 5.32 Å². The van der Waals surface area contributed by atoms with Crippen molar-refractivity contribution >= 4 is 35.1 Å². The number of anilines is 1. The summed E-state index contributed by atoms with van der Waals surface area (Å²) in [6, 6.07) is 6.69. The van der Waals surface area contributed by atoms with Crippen LogP contribution in [-0.4, -0.2) is 49.5 Å². The Balaban J connectivity index is 1.57. The number of nitrogens with zero attached hydrogens (tertiary/aromatic N) is 3. The molecule has 1 saturated heterocycles. The van der Waals surface area contributed by atoms with E-state index in [0.717, 1.165) is 11.3 Å². The highest BCUT2D eigenvalue weighted by molar-refractivity contribution is 6.23. The zero-order chi connectivity index (χ0) is 27.6. The predicted octanol–water partition coefficient (Wildman–Crippen LogP) is 4.17. The van der Waals surface area contributed by atoms with Gasteiger partial charge in [0.15, 0.2) is 0 Å². The smallest absolute Gasteiger partial charge is 0.262 e. The Hall–Kier alpha value is -4.08. The second-order valence-electron chi connectivity index (χ2n) is 11.8. The molecule has 0 aliphatic carbocycles. The molecule has 1 aromatic carbocycles. The Morgan fingerprint density at radius 1 is 1.03 bits per heavy atom. The highest BCUT2D eigenvalue weighted by Crippen LogP contribution is 2.37. The van der Waals surface area contributed by atoms with Gasteiger partial charge in [0.2, 0.25) is 11.8 Å². The van der Waals surface area contributed by atoms with E-state index in [1.807, 2.05) is 0 Å². The van der Waals surface area contributed by atoms with Gasteiger partial charge in [-0.3, -0.25) is 33.8 Å². The molecular formula is C28H30FN5O4. The van der Waals surface area contributed by atoms with Crippen molar-refractivity contribution < 1.29 is 23.6 Å². The number of hydrogen-bond acceptors (Lipinski definition) is 6. The van der Waals surface area contributed by atoms with Crippen LogP contribution in [-0.2, 0) is 9.59 Å². The Morgan fingerprint density at radius 2 is 1.74 bits per heavy atom. The number of aromatic nitrogens is 2. The number of nitrogens with one attached hydrogen (secondary N) is 2. The zero-order valence-electron chi connectivity index (χ0n) is 22.0. The summed E-state index contributed by atoms with van der Waals surface area (Å²) >= 11 is 0. The normalized spacial score (nSPS) is 18.3. The van der Waals surface area contributed by atoms with E-state index in [-0.39, 0.29) is 34.9 Å². The summed E-state index contributed by atoms with van der Waals surface area (Å²) in [5, 5.41) is 5.74. The van der Waals surface area contributed by atoms with Gasteiger partial charge in [0.1, 0.15) is 29.0 Å². The topological polar surface area (TPSA) is 113 Å². The van der Waals surface area contributed by atoms with Crippen LogP contribution in [0.15, 0.2) is 36.5 Å². The van der Waals surface area contributed by atoms with E-state index < -0.39 is 35.5 Å². The molecule has 10 heteroatoms. The third kappa shape index (κ3) is 4.55. The molecule has 2 aromatic heterocycles. The van der Waals surface area contributed by atoms with E-state index in [1.54, 1.807) is 28.7 Å². The lowest BCUT2D eigenvalue weighted by Crippen LogP contribution is -2.54. The van der Waals surface area contributed by atoms with Crippen LogP contribution in [0.4, 0.5) is 10.2 Å². The summed E-state index contributed by atoms with van der Waals surface area (Å²) in [7, 11) is 0. The number of amides is 4. The van der Waals surface area contributed by atoms with Crippen molar-refractivity contribution in [3.63, 3.8) is 0 Å². The first-order valence-corrected chi connectivity index (χ1v) is 12.6. The van der Waals surface area contributed by atoms with Gasteiger partial charge >= 0.3 is 0 Å². The fourth-order valence-corrected chi connectivity index (χ4v) is 5.65. The van der Waals surface area contributed by atoms with Crippen LogP contribution in [0.5, 0.6) is 0 Å². The van der Waals surface area contributed by atoms with Crippen molar-refractivity contribution in [2.24, 2.45) is 5.41 Å². The summed E-state index contributed by atoms with van der Waals surface area (Å²) in [5.74, 6) is -2.12. The second-order valence-corrected chi connectivity index (χ2v) is 11.8. The molecule has 0 bridgehead atoms. The van der Waals surface area contributed by atoms with Gasteiger partial charge in [-0.05, 0) is 56.4 Å². The highest BCUT2D eigenvalue weighted by Gasteiger charge is 2.44. The molecule has 4 heterocycles. The molecular weight excluding hydrogens is 489 g/mol. The van der Waals surface area contributed by atoms with E-state index in [0.29, 0.717) is 22.7 Å². The Kier molecular flexibility index (Phi) is 5.89. The molecule has 2 aliphatic rings. The number of fused-ring (bicyclic) bond motifs is 2. The number of benzene rings is 1. The molecule has 0 saturated carbocycles. The van der Waals surface area contributed by atoms with Gasteiger partial charge < -0.3 is 5.32 Å². The molecule has 4 amide bonds. The van der Waals surface area contributed by atoms with Gasteiger partial charge in [-0.1, -0.05) is 26.8 Å². The van der Waals surface area contributed by atoms with E-state index in [1.165, 1.54) is 12.3 Å². The average Bonchev–Trinajstić information content (AvgIpc) is 3.26. The van der Waals surface area contributed by atoms with Crippen molar-refractivity contribution in [3.05, 3.63) is 53.5 Å². The second kappa shape index (κ2) is 8.75. The number of piperidine rings is 1. The molecule has 2 aliphatic heterocycles. The Morgan fingerprint density at radius 3 is 2.42 bits per heavy atom. The van der Waals surface area contributed by atoms with Crippen LogP contribution in [0.2, 0.25) is 0 Å². The third-order valence-electron chi connectivity index (χ3n) is 6.72. The lowest BCUT2D eigenvalue weighted by atomic mass is 9.82. The minimum Gasteiger partial charge on any atom is -0.364 e. The SMILES string of the molecule is CC(C)(C)CC(C)(C)Nc1c(-c2ccc3c(c2)C(=O)N(C2CCC(=O)NC2=O)C3=O)nc2ccc(F)cn12. The van der Waals surface area contributed by atoms with Crippen LogP contribution < -0.4 is 10.6 Å². The maximum atomic E-state index is 14.3. The summed E-state index contributed by atoms with van der Waals surface area (Å²) < 4.78 is 15.9. The number of carbonyl (C=O) groups is 4. The first kappa shape index (κ1) is 25.6. The summed E-state index contributed by atoms with van der Waals surface area (Å²) in [4.78, 5) is 56.1. The van der Waals surface area contributed by atoms with Crippen molar-refractivity contribution in [3.8, 4) is 11.3 Å². The fourth-order valence-electron chi connectivity index (χ4n) is 5.65. The third-order valence-corrected chi connectivity index (χ3v) is 6.72. The summed E-state index contributed by atoms with van der Waals surface area (Å²) in [5.41, 5.74) is 1.54. The maximum Gasteiger partial charge on any atom is 0.262 e. The summed E-state index contributed by atoms with van der Waals surface area (Å²) in [6.45, 7) is 10.5. The first-order valence-electron chi connectivity index (χ1n) is 12.6. The van der Waals surface area contributed by atoms with Gasteiger partial charge in [0.05, 0.1) is 11.1 Å². The Bertz CT molecular complexity index is 1520. The maximum absolute atomic E-state index is 14.3. The number of imide groups is 2. The molecule has 9 nitrogen and oxygen atoms in total. The quantitative estimate of drug-likeness (QED) is 0.490. The van der Waals surface area contributed by atoms with Gasteiger partial charge in [0, 0.05) is 23.7 Å². The minimum atomic E-state index is -1.04. The number of hydrogen-bond donors (Lipinski definition) is 2. The lowest BCUT2D eigenvalue weighted by Gasteiger charge is -2.34. The monoisotopic (exact) mass is 519 g/mol. The van der Waals surface area contributed by atoms with E-state index in [4.69, 9.17) is 4.98 Å². The van der Waals surface area contributed by atoms with Crippen LogP contribution >= 0.6 is 0 Å². The average molecular weight is 520 g/mol. The highest BCUT2D eigenvalue weighted by atomic mass is 19.1. The minimum absolute atomic E-state index is 0.0161. The molecule has 3 aromatic rings. The molecule has 0 radical (unpaired) electrons. The number of halogens is 1. The van der Waals surface area contributed by atoms with E-state index in [9.17, 15) is 23.6 Å². The molecule has 38 heavy (non-hydrogen) atoms. The molecule has 1 fully saturated rings. The lowest BCUT2D eigenvalue weighted by molar-refractivity contribution is -0.136. The molecule has 5 rings (SSSR count). The number of carbonyl (C=O) groups excluding carboxylic acids is 4. The van der Waals surface area contributed by atoms with Gasteiger partial charge in [-0.25, -0.2) is 9.37 Å². The molecule has 2 N–H and O–H groups in total. The van der Waals surface area contributed by atoms with Gasteiger partial charge in [-0.2, -0.15) is 0 Å². The van der Waals surface area contributed by atoms with Crippen LogP contribution in [0.1, 0.15) is 74.6 Å². The zero-order valence-corrected chi connectivity index (χ0v) is 22.0. The number of pyridine rings is 1. The summed E-state index contributed by atoms with van der Waals surface area (Å²) in [6.07, 6.45) is 2.29. The molecule has 1 unspecified atom stereocenters. The molecule has 0 spiro atoms. The number of rotatable bonds is 5. The van der Waals surface area contributed by atoms with Crippen LogP contribution in [0.25, 0.3) is 16.9 Å². The Labute approximate surface area is 219 Å². The predicted molar refractivity (Wildman–Crippen MR) is 139 cm³/mol. The van der Waals surface area contributed by atoms with Crippen LogP contribution in [0.3, 0.4) is 0 Å². The van der Waals surface area contributed by atoms with E-state index in [2.05, 4.69) is 45.3 Å². The van der Waals surface area contributed by atoms with Crippen molar-refractivity contribution in [2.45, 2.75) is 65.5 Å². The van der Waals surface area contributed by atoms with Crippen molar-refractivity contribution in [1.29, 1.82) is 0 Å². The van der Waals surface area contributed by atoms with Crippen molar-refractivity contribution in [1.82, 2.24) is 19.6 Å². The van der Waals surface area contributed by atoms with Gasteiger partial charge in [0.25, 0.3) is 11.8 Å². The van der Waals surface area contributed by atoms with E-state index >= 15 is 0 Å². The first-order chi connectivity index (χ1) is 17.7. The standard InChI is InChI=1S/C28H30FN5O4/c1-27(2,3)14-28(4,5)32-23-22(30-20-10-7-16(29)13-33(20)23)15-6-8-17-18(12-15)26(38)34(25(17)37)19-9-11-21(35)31-24(19)36/h6-8,10,12-13,19,32H,9,11,14H2,1-5H3,(H,31,35,36). The van der Waals surface area contributed by atoms with Gasteiger partial charge in [-0.15, -0.1) is 0 Å². The fraction of sp³-hybridized carbons (Fsp3) is 0.393. The number of imidazole rings is 1. The molecule has 1 atom stereocenters. The largest absolute Gasteiger partial charge is 0.364 e. The van der Waals surface area contributed by atoms with Crippen LogP contribution in [0, 0.1) is 11.2 Å².